The van der Waals surface area contributed by atoms with Crippen LogP contribution in [0, 0.1) is 0 Å². The summed E-state index contributed by atoms with van der Waals surface area (Å²) < 4.78 is 5.33. The van der Waals surface area contributed by atoms with Gasteiger partial charge in [0.25, 0.3) is 5.91 Å². The van der Waals surface area contributed by atoms with Crippen molar-refractivity contribution < 1.29 is 19.1 Å². The van der Waals surface area contributed by atoms with Crippen molar-refractivity contribution in [1.29, 1.82) is 0 Å². The summed E-state index contributed by atoms with van der Waals surface area (Å²) >= 11 is 1.35. The van der Waals surface area contributed by atoms with E-state index in [9.17, 15) is 14.4 Å². The summed E-state index contributed by atoms with van der Waals surface area (Å²) in [5.74, 6) is -0.492. The van der Waals surface area contributed by atoms with E-state index >= 15 is 0 Å². The van der Waals surface area contributed by atoms with Gasteiger partial charge in [-0.3, -0.25) is 9.59 Å². The number of rotatable bonds is 4. The molecule has 1 aromatic carbocycles. The normalized spacial score (nSPS) is 19.1. The first-order chi connectivity index (χ1) is 13.0. The predicted molar refractivity (Wildman–Crippen MR) is 103 cm³/mol. The SMILES string of the molecule is C[C@H]1CC(=O)Nc2ccccc2N1C(=O)COC(=O)c1sccc1C1CC1. The fraction of sp³-hybridized carbons (Fsp3) is 0.350. The van der Waals surface area contributed by atoms with Gasteiger partial charge in [-0.05, 0) is 54.8 Å². The number of hydrogen-bond acceptors (Lipinski definition) is 5. The van der Waals surface area contributed by atoms with Crippen LogP contribution in [0.25, 0.3) is 0 Å². The molecular weight excluding hydrogens is 364 g/mol. The molecular formula is C20H20N2O4S. The standard InChI is InChI=1S/C20H20N2O4S/c1-12-10-17(23)21-15-4-2-3-5-16(15)22(12)18(24)11-26-20(25)19-14(8-9-27-19)13-6-7-13/h2-5,8-9,12-13H,6-7,10-11H2,1H3,(H,21,23)/t12-/m0/s1. The molecule has 2 heterocycles. The molecule has 1 N–H and O–H groups in total. The highest BCUT2D eigenvalue weighted by molar-refractivity contribution is 7.12. The Morgan fingerprint density at radius 3 is 2.81 bits per heavy atom. The second-order valence-electron chi connectivity index (χ2n) is 6.94. The number of carbonyl (C=O) groups excluding carboxylic acids is 3. The van der Waals surface area contributed by atoms with Crippen LogP contribution in [0.2, 0.25) is 0 Å². The number of esters is 1. The van der Waals surface area contributed by atoms with Crippen molar-refractivity contribution in [2.75, 3.05) is 16.8 Å². The van der Waals surface area contributed by atoms with E-state index in [1.807, 2.05) is 24.4 Å². The lowest BCUT2D eigenvalue weighted by Crippen LogP contribution is -2.41. The van der Waals surface area contributed by atoms with Crippen LogP contribution >= 0.6 is 11.3 Å². The first kappa shape index (κ1) is 17.7. The number of hydrogen-bond donors (Lipinski definition) is 1. The van der Waals surface area contributed by atoms with E-state index in [4.69, 9.17) is 4.74 Å². The number of fused-ring (bicyclic) bond motifs is 1. The Hall–Kier alpha value is -2.67. The highest BCUT2D eigenvalue weighted by Crippen LogP contribution is 2.43. The number of amides is 2. The molecule has 2 aliphatic rings. The topological polar surface area (TPSA) is 75.7 Å². The zero-order valence-electron chi connectivity index (χ0n) is 14.9. The highest BCUT2D eigenvalue weighted by atomic mass is 32.1. The van der Waals surface area contributed by atoms with Crippen molar-refractivity contribution in [1.82, 2.24) is 0 Å². The van der Waals surface area contributed by atoms with Gasteiger partial charge in [-0.15, -0.1) is 11.3 Å². The largest absolute Gasteiger partial charge is 0.451 e. The monoisotopic (exact) mass is 384 g/mol. The lowest BCUT2D eigenvalue weighted by Gasteiger charge is -2.27. The van der Waals surface area contributed by atoms with E-state index in [2.05, 4.69) is 5.32 Å². The fourth-order valence-electron chi connectivity index (χ4n) is 3.43. The molecule has 0 unspecified atom stereocenters. The quantitative estimate of drug-likeness (QED) is 0.818. The average Bonchev–Trinajstić information content (AvgIpc) is 3.39. The third-order valence-corrected chi connectivity index (χ3v) is 5.76. The van der Waals surface area contributed by atoms with E-state index in [1.54, 1.807) is 18.2 Å². The van der Waals surface area contributed by atoms with Crippen molar-refractivity contribution >= 4 is 40.5 Å². The Morgan fingerprint density at radius 1 is 1.26 bits per heavy atom. The van der Waals surface area contributed by atoms with Gasteiger partial charge in [0, 0.05) is 12.5 Å². The van der Waals surface area contributed by atoms with E-state index in [1.165, 1.54) is 16.2 Å². The smallest absolute Gasteiger partial charge is 0.349 e. The first-order valence-corrected chi connectivity index (χ1v) is 9.88. The van der Waals surface area contributed by atoms with Gasteiger partial charge in [0.05, 0.1) is 11.4 Å². The Bertz CT molecular complexity index is 903. The summed E-state index contributed by atoms with van der Waals surface area (Å²) in [6.45, 7) is 1.46. The molecule has 0 radical (unpaired) electrons. The molecule has 2 amide bonds. The third-order valence-electron chi connectivity index (χ3n) is 4.85. The number of anilines is 2. The van der Waals surface area contributed by atoms with Crippen molar-refractivity contribution in [3.63, 3.8) is 0 Å². The molecule has 0 saturated heterocycles. The number of ether oxygens (including phenoxy) is 1. The van der Waals surface area contributed by atoms with Gasteiger partial charge in [-0.25, -0.2) is 4.79 Å². The molecule has 1 aliphatic carbocycles. The predicted octanol–water partition coefficient (Wildman–Crippen LogP) is 3.55. The lowest BCUT2D eigenvalue weighted by molar-refractivity contribution is -0.122. The third kappa shape index (κ3) is 3.60. The van der Waals surface area contributed by atoms with Crippen LogP contribution in [-0.4, -0.2) is 30.4 Å². The summed E-state index contributed by atoms with van der Waals surface area (Å²) in [7, 11) is 0. The number of thiophene rings is 1. The molecule has 0 spiro atoms. The summed E-state index contributed by atoms with van der Waals surface area (Å²) in [6.07, 6.45) is 2.38. The fourth-order valence-corrected chi connectivity index (χ4v) is 4.31. The maximum atomic E-state index is 12.8. The van der Waals surface area contributed by atoms with Crippen molar-refractivity contribution in [2.24, 2.45) is 0 Å². The maximum Gasteiger partial charge on any atom is 0.349 e. The van der Waals surface area contributed by atoms with Gasteiger partial charge in [0.15, 0.2) is 6.61 Å². The molecule has 1 atom stereocenters. The van der Waals surface area contributed by atoms with Crippen LogP contribution in [0.5, 0.6) is 0 Å². The molecule has 1 saturated carbocycles. The average molecular weight is 384 g/mol. The molecule has 4 rings (SSSR count). The maximum absolute atomic E-state index is 12.8. The van der Waals surface area contributed by atoms with E-state index in [0.717, 1.165) is 18.4 Å². The Labute approximate surface area is 161 Å². The number of para-hydroxylation sites is 2. The van der Waals surface area contributed by atoms with Crippen molar-refractivity contribution in [3.05, 3.63) is 46.2 Å². The molecule has 27 heavy (non-hydrogen) atoms. The van der Waals surface area contributed by atoms with Gasteiger partial charge in [0.1, 0.15) is 4.88 Å². The second-order valence-corrected chi connectivity index (χ2v) is 7.85. The molecule has 1 aromatic heterocycles. The van der Waals surface area contributed by atoms with E-state index in [-0.39, 0.29) is 30.9 Å². The van der Waals surface area contributed by atoms with Crippen LogP contribution in [0.3, 0.4) is 0 Å². The van der Waals surface area contributed by atoms with Crippen LogP contribution < -0.4 is 10.2 Å². The van der Waals surface area contributed by atoms with Crippen LogP contribution in [0.4, 0.5) is 11.4 Å². The minimum Gasteiger partial charge on any atom is -0.451 e. The highest BCUT2D eigenvalue weighted by Gasteiger charge is 2.32. The minimum absolute atomic E-state index is 0.144. The molecule has 6 nitrogen and oxygen atoms in total. The zero-order valence-corrected chi connectivity index (χ0v) is 15.8. The van der Waals surface area contributed by atoms with Gasteiger partial charge >= 0.3 is 5.97 Å². The van der Waals surface area contributed by atoms with Gasteiger partial charge in [0.2, 0.25) is 5.91 Å². The van der Waals surface area contributed by atoms with Gasteiger partial charge < -0.3 is 15.0 Å². The summed E-state index contributed by atoms with van der Waals surface area (Å²) in [6, 6.07) is 8.78. The Kier molecular flexibility index (Phi) is 4.70. The minimum atomic E-state index is -0.454. The summed E-state index contributed by atoms with van der Waals surface area (Å²) in [5.41, 5.74) is 2.23. The molecule has 1 fully saturated rings. The van der Waals surface area contributed by atoms with Crippen molar-refractivity contribution in [3.8, 4) is 0 Å². The first-order valence-electron chi connectivity index (χ1n) is 9.00. The number of benzene rings is 1. The molecule has 1 aliphatic heterocycles. The zero-order chi connectivity index (χ0) is 19.0. The molecule has 2 aromatic rings. The lowest BCUT2D eigenvalue weighted by atomic mass is 10.1. The second kappa shape index (κ2) is 7.15. The van der Waals surface area contributed by atoms with Crippen molar-refractivity contribution in [2.45, 2.75) is 38.1 Å². The van der Waals surface area contributed by atoms with E-state index < -0.39 is 5.97 Å². The number of nitrogens with zero attached hydrogens (tertiary/aromatic N) is 1. The van der Waals surface area contributed by atoms with Crippen LogP contribution in [0.15, 0.2) is 35.7 Å². The summed E-state index contributed by atoms with van der Waals surface area (Å²) in [4.78, 5) is 39.4. The summed E-state index contributed by atoms with van der Waals surface area (Å²) in [5, 5.41) is 4.70. The van der Waals surface area contributed by atoms with Gasteiger partial charge in [-0.1, -0.05) is 12.1 Å². The van der Waals surface area contributed by atoms with Crippen LogP contribution in [0.1, 0.15) is 47.3 Å². The van der Waals surface area contributed by atoms with E-state index in [0.29, 0.717) is 22.2 Å². The molecule has 0 bridgehead atoms. The number of carbonyl (C=O) groups is 3. The number of nitrogens with one attached hydrogen (secondary N) is 1. The molecule has 7 heteroatoms. The Morgan fingerprint density at radius 2 is 2.04 bits per heavy atom. The molecule has 140 valence electrons. The Balaban J connectivity index is 1.49. The van der Waals surface area contributed by atoms with Gasteiger partial charge in [-0.2, -0.15) is 0 Å². The van der Waals surface area contributed by atoms with Crippen LogP contribution in [-0.2, 0) is 14.3 Å².